The van der Waals surface area contributed by atoms with Gasteiger partial charge in [-0.1, -0.05) is 30.3 Å². The Morgan fingerprint density at radius 2 is 1.59 bits per heavy atom. The Kier molecular flexibility index (Phi) is 8.89. The van der Waals surface area contributed by atoms with E-state index in [1.54, 1.807) is 45.3 Å². The zero-order valence-electron chi connectivity index (χ0n) is 22.4. The lowest BCUT2D eigenvalue weighted by molar-refractivity contribution is -0.157. The van der Waals surface area contributed by atoms with Gasteiger partial charge >= 0.3 is 5.97 Å². The maximum Gasteiger partial charge on any atom is 0.308 e. The highest BCUT2D eigenvalue weighted by Gasteiger charge is 2.24. The average Bonchev–Trinajstić information content (AvgIpc) is 3.27. The van der Waals surface area contributed by atoms with E-state index >= 15 is 0 Å². The van der Waals surface area contributed by atoms with Crippen molar-refractivity contribution in [2.45, 2.75) is 64.4 Å². The number of hydrogen-bond acceptors (Lipinski definition) is 6. The third-order valence-corrected chi connectivity index (χ3v) is 6.12. The standard InChI is InChI=1S/C31H34FN3O4/c1-31(2,3)39-27(38)20-26(37)19-25(36)15-18-35-29(22-9-11-24(32)12-10-22)28(21-13-16-33-17-14-21)34-30(35)23-7-5-4-6-8-23/h4-14,16-17,25-26,36-37H,15,18-20H2,1-3H3. The second-order valence-corrected chi connectivity index (χ2v) is 10.5. The van der Waals surface area contributed by atoms with Gasteiger partial charge < -0.3 is 19.5 Å². The van der Waals surface area contributed by atoms with Crippen molar-refractivity contribution in [3.05, 3.63) is 84.9 Å². The average molecular weight is 532 g/mol. The highest BCUT2D eigenvalue weighted by Crippen LogP contribution is 2.36. The topological polar surface area (TPSA) is 97.5 Å². The van der Waals surface area contributed by atoms with Gasteiger partial charge in [0.05, 0.1) is 30.0 Å². The lowest BCUT2D eigenvalue weighted by atomic mass is 10.0. The van der Waals surface area contributed by atoms with E-state index in [0.29, 0.717) is 24.5 Å². The second-order valence-electron chi connectivity index (χ2n) is 10.5. The molecular formula is C31H34FN3O4. The first-order valence-corrected chi connectivity index (χ1v) is 13.0. The number of benzene rings is 2. The summed E-state index contributed by atoms with van der Waals surface area (Å²) in [6, 6.07) is 19.7. The minimum absolute atomic E-state index is 0.0255. The molecule has 4 rings (SSSR count). The minimum atomic E-state index is -1.03. The fraction of sp³-hybridized carbons (Fsp3) is 0.323. The fourth-order valence-electron chi connectivity index (χ4n) is 4.46. The Bertz CT molecular complexity index is 1370. The molecule has 4 aromatic rings. The molecule has 8 heteroatoms. The van der Waals surface area contributed by atoms with Crippen molar-refractivity contribution in [1.29, 1.82) is 0 Å². The number of ether oxygens (including phenoxy) is 1. The Labute approximate surface area is 228 Å². The number of pyridine rings is 1. The van der Waals surface area contributed by atoms with Crippen molar-refractivity contribution in [3.8, 4) is 33.9 Å². The van der Waals surface area contributed by atoms with Gasteiger partial charge in [-0.3, -0.25) is 9.78 Å². The number of aliphatic hydroxyl groups excluding tert-OH is 2. The van der Waals surface area contributed by atoms with Crippen LogP contribution in [-0.4, -0.2) is 48.5 Å². The molecule has 2 unspecified atom stereocenters. The number of carbonyl (C=O) groups is 1. The lowest BCUT2D eigenvalue weighted by Crippen LogP contribution is -2.28. The van der Waals surface area contributed by atoms with Crippen LogP contribution < -0.4 is 0 Å². The van der Waals surface area contributed by atoms with Crippen LogP contribution in [0.3, 0.4) is 0 Å². The predicted octanol–water partition coefficient (Wildman–Crippen LogP) is 5.65. The lowest BCUT2D eigenvalue weighted by Gasteiger charge is -2.21. The monoisotopic (exact) mass is 531 g/mol. The van der Waals surface area contributed by atoms with Gasteiger partial charge in [0.25, 0.3) is 0 Å². The molecule has 204 valence electrons. The minimum Gasteiger partial charge on any atom is -0.460 e. The van der Waals surface area contributed by atoms with E-state index in [1.807, 2.05) is 47.0 Å². The number of rotatable bonds is 10. The van der Waals surface area contributed by atoms with E-state index in [1.165, 1.54) is 12.1 Å². The van der Waals surface area contributed by atoms with E-state index in [9.17, 15) is 19.4 Å². The maximum atomic E-state index is 13.8. The maximum absolute atomic E-state index is 13.8. The molecule has 2 atom stereocenters. The van der Waals surface area contributed by atoms with Crippen LogP contribution in [0.1, 0.15) is 40.0 Å². The molecule has 0 amide bonds. The van der Waals surface area contributed by atoms with Crippen LogP contribution in [0.5, 0.6) is 0 Å². The largest absolute Gasteiger partial charge is 0.460 e. The number of esters is 1. The molecule has 0 radical (unpaired) electrons. The van der Waals surface area contributed by atoms with Gasteiger partial charge in [0.1, 0.15) is 17.2 Å². The third kappa shape index (κ3) is 7.59. The van der Waals surface area contributed by atoms with E-state index in [-0.39, 0.29) is 18.7 Å². The molecule has 0 saturated heterocycles. The van der Waals surface area contributed by atoms with Crippen LogP contribution in [0.2, 0.25) is 0 Å². The molecule has 0 spiro atoms. The van der Waals surface area contributed by atoms with Crippen LogP contribution in [0.25, 0.3) is 33.9 Å². The van der Waals surface area contributed by atoms with Crippen LogP contribution in [0.4, 0.5) is 4.39 Å². The second kappa shape index (κ2) is 12.3. The van der Waals surface area contributed by atoms with E-state index in [2.05, 4.69) is 4.98 Å². The molecular weight excluding hydrogens is 497 g/mol. The van der Waals surface area contributed by atoms with Crippen molar-refractivity contribution in [1.82, 2.24) is 14.5 Å². The van der Waals surface area contributed by atoms with Gasteiger partial charge in [-0.2, -0.15) is 0 Å². The zero-order chi connectivity index (χ0) is 28.0. The Morgan fingerprint density at radius 3 is 2.23 bits per heavy atom. The zero-order valence-corrected chi connectivity index (χ0v) is 22.4. The molecule has 0 aliphatic carbocycles. The van der Waals surface area contributed by atoms with E-state index in [0.717, 1.165) is 22.4 Å². The first-order chi connectivity index (χ1) is 18.6. The van der Waals surface area contributed by atoms with Gasteiger partial charge in [0, 0.05) is 35.6 Å². The Hall–Kier alpha value is -3.88. The van der Waals surface area contributed by atoms with Crippen LogP contribution in [0, 0.1) is 5.82 Å². The summed E-state index contributed by atoms with van der Waals surface area (Å²) in [6.07, 6.45) is 1.61. The summed E-state index contributed by atoms with van der Waals surface area (Å²) >= 11 is 0. The highest BCUT2D eigenvalue weighted by atomic mass is 19.1. The molecule has 2 heterocycles. The Morgan fingerprint density at radius 1 is 0.923 bits per heavy atom. The summed E-state index contributed by atoms with van der Waals surface area (Å²) in [6.45, 7) is 5.66. The number of imidazole rings is 1. The first kappa shape index (κ1) is 28.1. The molecule has 39 heavy (non-hydrogen) atoms. The summed E-state index contributed by atoms with van der Waals surface area (Å²) in [7, 11) is 0. The molecule has 2 aromatic carbocycles. The van der Waals surface area contributed by atoms with Crippen molar-refractivity contribution in [3.63, 3.8) is 0 Å². The highest BCUT2D eigenvalue weighted by molar-refractivity contribution is 5.82. The molecule has 0 saturated carbocycles. The smallest absolute Gasteiger partial charge is 0.308 e. The quantitative estimate of drug-likeness (QED) is 0.257. The molecule has 0 aliphatic heterocycles. The molecule has 0 fully saturated rings. The van der Waals surface area contributed by atoms with Crippen molar-refractivity contribution in [2.24, 2.45) is 0 Å². The molecule has 2 aromatic heterocycles. The van der Waals surface area contributed by atoms with Gasteiger partial charge in [-0.25, -0.2) is 9.37 Å². The number of nitrogens with zero attached hydrogens (tertiary/aromatic N) is 3. The van der Waals surface area contributed by atoms with Crippen LogP contribution in [-0.2, 0) is 16.1 Å². The summed E-state index contributed by atoms with van der Waals surface area (Å²) < 4.78 is 21.1. The molecule has 0 aliphatic rings. The number of hydrogen-bond donors (Lipinski definition) is 2. The number of halogens is 1. The predicted molar refractivity (Wildman–Crippen MR) is 148 cm³/mol. The van der Waals surface area contributed by atoms with Crippen LogP contribution in [0.15, 0.2) is 79.1 Å². The van der Waals surface area contributed by atoms with Crippen molar-refractivity contribution < 1.29 is 24.1 Å². The molecule has 2 N–H and O–H groups in total. The fourth-order valence-corrected chi connectivity index (χ4v) is 4.46. The first-order valence-electron chi connectivity index (χ1n) is 13.0. The van der Waals surface area contributed by atoms with Crippen molar-refractivity contribution in [2.75, 3.05) is 0 Å². The third-order valence-electron chi connectivity index (χ3n) is 6.12. The summed E-state index contributed by atoms with van der Waals surface area (Å²) in [4.78, 5) is 21.2. The molecule has 0 bridgehead atoms. The number of aliphatic hydroxyl groups is 2. The normalized spacial score (nSPS) is 13.2. The van der Waals surface area contributed by atoms with Crippen molar-refractivity contribution >= 4 is 5.97 Å². The van der Waals surface area contributed by atoms with E-state index < -0.39 is 23.8 Å². The van der Waals surface area contributed by atoms with Gasteiger partial charge in [-0.15, -0.1) is 0 Å². The Balaban J connectivity index is 1.65. The summed E-state index contributed by atoms with van der Waals surface area (Å²) in [5.41, 5.74) is 3.36. The summed E-state index contributed by atoms with van der Waals surface area (Å²) in [5.74, 6) is -0.153. The summed E-state index contributed by atoms with van der Waals surface area (Å²) in [5, 5.41) is 21.2. The molecule has 7 nitrogen and oxygen atoms in total. The van der Waals surface area contributed by atoms with Crippen LogP contribution >= 0.6 is 0 Å². The number of aromatic nitrogens is 3. The SMILES string of the molecule is CC(C)(C)OC(=O)CC(O)CC(O)CCn1c(-c2ccccc2)nc(-c2ccncc2)c1-c1ccc(F)cc1. The van der Waals surface area contributed by atoms with Gasteiger partial charge in [0.2, 0.25) is 0 Å². The van der Waals surface area contributed by atoms with Gasteiger partial charge in [0.15, 0.2) is 0 Å². The van der Waals surface area contributed by atoms with E-state index in [4.69, 9.17) is 9.72 Å². The van der Waals surface area contributed by atoms with Gasteiger partial charge in [-0.05, 0) is 70.0 Å². The number of carbonyl (C=O) groups excluding carboxylic acids is 1.